The number of ketones is 1. The van der Waals surface area contributed by atoms with Crippen LogP contribution < -0.4 is 0 Å². The molecule has 0 bridgehead atoms. The highest BCUT2D eigenvalue weighted by Gasteiger charge is 2.06. The average molecular weight is 341 g/mol. The second-order valence-electron chi connectivity index (χ2n) is 2.81. The second-order valence-corrected chi connectivity index (χ2v) is 5.17. The maximum absolute atomic E-state index is 11.2. The average Bonchev–Trinajstić information content (AvgIpc) is 2.20. The van der Waals surface area contributed by atoms with Crippen molar-refractivity contribution in [1.29, 1.82) is 0 Å². The Morgan fingerprint density at radius 3 is 2.86 bits per heavy atom. The molecule has 1 aromatic carbocycles. The first-order chi connectivity index (χ1) is 6.67. The number of hydrogen-bond donors (Lipinski definition) is 0. The van der Waals surface area contributed by atoms with Crippen LogP contribution in [0.1, 0.15) is 5.56 Å². The number of thioether (sulfide) groups is 1. The quantitative estimate of drug-likeness (QED) is 0.475. The van der Waals surface area contributed by atoms with Crippen molar-refractivity contribution < 1.29 is 4.79 Å². The molecule has 4 heteroatoms. The van der Waals surface area contributed by atoms with Crippen LogP contribution in [0.5, 0.6) is 0 Å². The lowest BCUT2D eigenvalue weighted by Gasteiger charge is -2.06. The summed E-state index contributed by atoms with van der Waals surface area (Å²) in [5, 5.41) is 0. The van der Waals surface area contributed by atoms with Crippen LogP contribution in [0.4, 0.5) is 0 Å². The van der Waals surface area contributed by atoms with Gasteiger partial charge in [-0.05, 0) is 46.5 Å². The van der Waals surface area contributed by atoms with E-state index in [2.05, 4.69) is 28.7 Å². The van der Waals surface area contributed by atoms with E-state index in [0.717, 1.165) is 10.5 Å². The highest BCUT2D eigenvalue weighted by molar-refractivity contribution is 14.1. The van der Waals surface area contributed by atoms with Gasteiger partial charge in [-0.25, -0.2) is 0 Å². The molecule has 0 atom stereocenters. The fourth-order valence-corrected chi connectivity index (χ4v) is 2.57. The van der Waals surface area contributed by atoms with Gasteiger partial charge in [-0.2, -0.15) is 0 Å². The van der Waals surface area contributed by atoms with E-state index in [0.29, 0.717) is 6.42 Å². The molecule has 0 aromatic heterocycles. The number of alkyl halides is 1. The number of carbonyl (C=O) groups excluding carboxylic acids is 1. The molecule has 0 heterocycles. The van der Waals surface area contributed by atoms with Crippen LogP contribution in [0, 0.1) is 3.57 Å². The Labute approximate surface area is 107 Å². The first-order valence-electron chi connectivity index (χ1n) is 4.07. The molecule has 14 heavy (non-hydrogen) atoms. The van der Waals surface area contributed by atoms with Crippen molar-refractivity contribution >= 4 is 51.7 Å². The molecule has 0 unspecified atom stereocenters. The van der Waals surface area contributed by atoms with Crippen molar-refractivity contribution in [3.05, 3.63) is 27.3 Å². The van der Waals surface area contributed by atoms with E-state index in [4.69, 9.17) is 11.6 Å². The molecule has 0 saturated carbocycles. The Hall–Kier alpha value is 0.260. The molecule has 0 N–H and O–H groups in total. The van der Waals surface area contributed by atoms with Crippen molar-refractivity contribution in [3.63, 3.8) is 0 Å². The Bertz CT molecular complexity index is 341. The lowest BCUT2D eigenvalue weighted by Crippen LogP contribution is -2.04. The summed E-state index contributed by atoms with van der Waals surface area (Å²) in [5.41, 5.74) is 1.07. The van der Waals surface area contributed by atoms with Gasteiger partial charge < -0.3 is 0 Å². The predicted molar refractivity (Wildman–Crippen MR) is 70.4 cm³/mol. The molecular weight excluding hydrogens is 331 g/mol. The third kappa shape index (κ3) is 3.44. The van der Waals surface area contributed by atoms with Gasteiger partial charge in [-0.3, -0.25) is 4.79 Å². The van der Waals surface area contributed by atoms with Gasteiger partial charge in [0.25, 0.3) is 0 Å². The normalized spacial score (nSPS) is 10.2. The van der Waals surface area contributed by atoms with Crippen LogP contribution in [0.15, 0.2) is 23.1 Å². The first kappa shape index (κ1) is 12.3. The number of carbonyl (C=O) groups is 1. The molecule has 0 aliphatic rings. The zero-order valence-electron chi connectivity index (χ0n) is 7.72. The lowest BCUT2D eigenvalue weighted by atomic mass is 10.1. The molecule has 1 rings (SSSR count). The standard InChI is InChI=1S/C10H10ClIOS/c1-14-10-5-8(12)3-2-7(10)4-9(13)6-11/h2-3,5H,4,6H2,1H3. The molecule has 76 valence electrons. The molecule has 1 aromatic rings. The molecule has 0 spiro atoms. The van der Waals surface area contributed by atoms with Crippen molar-refractivity contribution in [3.8, 4) is 0 Å². The number of hydrogen-bond acceptors (Lipinski definition) is 2. The Kier molecular flexibility index (Phi) is 5.26. The van der Waals surface area contributed by atoms with Gasteiger partial charge in [0, 0.05) is 14.9 Å². The predicted octanol–water partition coefficient (Wildman–Crippen LogP) is 3.36. The molecule has 0 fully saturated rings. The minimum Gasteiger partial charge on any atom is -0.298 e. The van der Waals surface area contributed by atoms with Gasteiger partial charge in [-0.1, -0.05) is 6.07 Å². The highest BCUT2D eigenvalue weighted by atomic mass is 127. The van der Waals surface area contributed by atoms with Gasteiger partial charge in [0.15, 0.2) is 5.78 Å². The summed E-state index contributed by atoms with van der Waals surface area (Å²) < 4.78 is 1.19. The van der Waals surface area contributed by atoms with Crippen LogP contribution >= 0.6 is 46.0 Å². The Balaban J connectivity index is 2.90. The molecule has 0 aliphatic carbocycles. The third-order valence-electron chi connectivity index (χ3n) is 1.79. The first-order valence-corrected chi connectivity index (χ1v) is 6.91. The summed E-state index contributed by atoms with van der Waals surface area (Å²) in [7, 11) is 0. The summed E-state index contributed by atoms with van der Waals surface area (Å²) in [6, 6.07) is 6.09. The third-order valence-corrected chi connectivity index (χ3v) is 3.57. The van der Waals surface area contributed by atoms with E-state index in [1.54, 1.807) is 11.8 Å². The summed E-state index contributed by atoms with van der Waals surface area (Å²) in [4.78, 5) is 12.4. The lowest BCUT2D eigenvalue weighted by molar-refractivity contribution is -0.116. The molecule has 0 amide bonds. The fraction of sp³-hybridized carbons (Fsp3) is 0.300. The molecular formula is C10H10ClIOS. The number of benzene rings is 1. The van der Waals surface area contributed by atoms with E-state index in [9.17, 15) is 4.79 Å². The van der Waals surface area contributed by atoms with Gasteiger partial charge in [0.1, 0.15) is 0 Å². The Morgan fingerprint density at radius 2 is 2.29 bits per heavy atom. The van der Waals surface area contributed by atoms with Crippen LogP contribution in [-0.4, -0.2) is 17.9 Å². The van der Waals surface area contributed by atoms with Crippen molar-refractivity contribution in [1.82, 2.24) is 0 Å². The van der Waals surface area contributed by atoms with Gasteiger partial charge in [0.05, 0.1) is 5.88 Å². The smallest absolute Gasteiger partial charge is 0.151 e. The van der Waals surface area contributed by atoms with E-state index >= 15 is 0 Å². The molecule has 0 aliphatic heterocycles. The van der Waals surface area contributed by atoms with Crippen LogP contribution in [0.2, 0.25) is 0 Å². The van der Waals surface area contributed by atoms with Crippen LogP contribution in [0.25, 0.3) is 0 Å². The zero-order chi connectivity index (χ0) is 10.6. The van der Waals surface area contributed by atoms with Gasteiger partial charge in [-0.15, -0.1) is 23.4 Å². The minimum absolute atomic E-state index is 0.0724. The monoisotopic (exact) mass is 340 g/mol. The number of Topliss-reactive ketones (excluding diaryl/α,β-unsaturated/α-hetero) is 1. The van der Waals surface area contributed by atoms with E-state index in [-0.39, 0.29) is 11.7 Å². The minimum atomic E-state index is 0.0724. The maximum Gasteiger partial charge on any atom is 0.151 e. The summed E-state index contributed by atoms with van der Waals surface area (Å²) >= 11 is 9.40. The van der Waals surface area contributed by atoms with E-state index in [1.165, 1.54) is 3.57 Å². The number of halogens is 2. The summed E-state index contributed by atoms with van der Waals surface area (Å²) in [5.74, 6) is 0.169. The van der Waals surface area contributed by atoms with Gasteiger partial charge >= 0.3 is 0 Å². The SMILES string of the molecule is CSc1cc(I)ccc1CC(=O)CCl. The fourth-order valence-electron chi connectivity index (χ4n) is 1.12. The summed E-state index contributed by atoms with van der Waals surface area (Å²) in [6.07, 6.45) is 2.46. The van der Waals surface area contributed by atoms with Crippen molar-refractivity contribution in [2.45, 2.75) is 11.3 Å². The highest BCUT2D eigenvalue weighted by Crippen LogP contribution is 2.23. The number of rotatable bonds is 4. The second kappa shape index (κ2) is 5.98. The zero-order valence-corrected chi connectivity index (χ0v) is 11.4. The molecule has 0 radical (unpaired) electrons. The topological polar surface area (TPSA) is 17.1 Å². The van der Waals surface area contributed by atoms with Crippen LogP contribution in [0.3, 0.4) is 0 Å². The largest absolute Gasteiger partial charge is 0.298 e. The van der Waals surface area contributed by atoms with E-state index < -0.39 is 0 Å². The summed E-state index contributed by atoms with van der Waals surface area (Å²) in [6.45, 7) is 0. The van der Waals surface area contributed by atoms with Crippen molar-refractivity contribution in [2.75, 3.05) is 12.1 Å². The maximum atomic E-state index is 11.2. The van der Waals surface area contributed by atoms with Crippen LogP contribution in [-0.2, 0) is 11.2 Å². The van der Waals surface area contributed by atoms with E-state index in [1.807, 2.05) is 18.4 Å². The molecule has 0 saturated heterocycles. The van der Waals surface area contributed by atoms with Crippen molar-refractivity contribution in [2.24, 2.45) is 0 Å². The Morgan fingerprint density at radius 1 is 1.57 bits per heavy atom. The van der Waals surface area contributed by atoms with Gasteiger partial charge in [0.2, 0.25) is 0 Å². The molecule has 1 nitrogen and oxygen atoms in total.